The summed E-state index contributed by atoms with van der Waals surface area (Å²) in [6.07, 6.45) is 0. The maximum absolute atomic E-state index is 12.9. The summed E-state index contributed by atoms with van der Waals surface area (Å²) >= 11 is 0. The van der Waals surface area contributed by atoms with Crippen LogP contribution in [-0.2, 0) is 14.8 Å². The minimum Gasteiger partial charge on any atom is -0.493 e. The zero-order chi connectivity index (χ0) is 19.9. The van der Waals surface area contributed by atoms with Crippen molar-refractivity contribution in [3.8, 4) is 11.5 Å². The molecule has 0 atom stereocenters. The van der Waals surface area contributed by atoms with Crippen molar-refractivity contribution in [3.63, 3.8) is 0 Å². The normalized spacial score (nSPS) is 14.1. The molecule has 0 saturated heterocycles. The van der Waals surface area contributed by atoms with Crippen LogP contribution in [0.5, 0.6) is 11.5 Å². The summed E-state index contributed by atoms with van der Waals surface area (Å²) in [4.78, 5) is 12.8. The molecule has 7 nitrogen and oxygen atoms in total. The Kier molecular flexibility index (Phi) is 4.35. The lowest BCUT2D eigenvalue weighted by Crippen LogP contribution is -2.35. The number of anilines is 2. The van der Waals surface area contributed by atoms with Crippen LogP contribution in [0.2, 0.25) is 0 Å². The fourth-order valence-electron chi connectivity index (χ4n) is 3.37. The number of ether oxygens (including phenoxy) is 2. The highest BCUT2D eigenvalue weighted by Crippen LogP contribution is 2.41. The number of carbonyl (C=O) groups excluding carboxylic acids is 1. The molecule has 1 amide bonds. The highest BCUT2D eigenvalue weighted by Gasteiger charge is 2.36. The van der Waals surface area contributed by atoms with Crippen molar-refractivity contribution in [2.75, 3.05) is 30.4 Å². The Balaban J connectivity index is 1.62. The second kappa shape index (κ2) is 6.72. The molecule has 0 spiro atoms. The van der Waals surface area contributed by atoms with E-state index < -0.39 is 15.9 Å². The van der Waals surface area contributed by atoms with Crippen molar-refractivity contribution in [1.82, 2.24) is 0 Å². The van der Waals surface area contributed by atoms with E-state index in [1.54, 1.807) is 42.5 Å². The summed E-state index contributed by atoms with van der Waals surface area (Å²) in [7, 11) is -0.763. The van der Waals surface area contributed by atoms with Gasteiger partial charge in [-0.05, 0) is 29.7 Å². The monoisotopic (exact) mass is 398 g/mol. The summed E-state index contributed by atoms with van der Waals surface area (Å²) < 4.78 is 37.4. The minimum absolute atomic E-state index is 0.222. The Morgan fingerprint density at radius 2 is 1.71 bits per heavy atom. The number of hydrogen-bond acceptors (Lipinski definition) is 5. The van der Waals surface area contributed by atoms with Crippen LogP contribution in [0.25, 0.3) is 10.8 Å². The predicted octanol–water partition coefficient (Wildman–Crippen LogP) is 3.00. The molecular weight excluding hydrogens is 380 g/mol. The van der Waals surface area contributed by atoms with E-state index in [0.717, 1.165) is 9.69 Å². The molecule has 0 radical (unpaired) electrons. The van der Waals surface area contributed by atoms with E-state index in [-0.39, 0.29) is 11.4 Å². The van der Waals surface area contributed by atoms with Crippen LogP contribution in [0.15, 0.2) is 59.5 Å². The van der Waals surface area contributed by atoms with E-state index in [1.165, 1.54) is 14.2 Å². The van der Waals surface area contributed by atoms with E-state index in [4.69, 9.17) is 9.47 Å². The molecule has 1 aliphatic heterocycles. The molecule has 1 heterocycles. The van der Waals surface area contributed by atoms with Gasteiger partial charge in [0.2, 0.25) is 5.91 Å². The van der Waals surface area contributed by atoms with Crippen molar-refractivity contribution in [2.24, 2.45) is 0 Å². The first-order valence-electron chi connectivity index (χ1n) is 8.52. The molecule has 4 rings (SSSR count). The Labute approximate surface area is 162 Å². The molecular formula is C20H18N2O5S. The second-order valence-corrected chi connectivity index (χ2v) is 8.09. The van der Waals surface area contributed by atoms with Gasteiger partial charge in [0, 0.05) is 17.1 Å². The minimum atomic E-state index is -3.78. The molecule has 3 aromatic rings. The van der Waals surface area contributed by atoms with E-state index in [1.807, 2.05) is 12.1 Å². The lowest BCUT2D eigenvalue weighted by Gasteiger charge is -2.18. The van der Waals surface area contributed by atoms with Gasteiger partial charge in [-0.2, -0.15) is 0 Å². The summed E-state index contributed by atoms with van der Waals surface area (Å²) in [5, 5.41) is 4.17. The van der Waals surface area contributed by atoms with Crippen LogP contribution in [0, 0.1) is 0 Å². The Bertz CT molecular complexity index is 1190. The van der Waals surface area contributed by atoms with E-state index in [2.05, 4.69) is 5.32 Å². The molecule has 0 aliphatic carbocycles. The fourth-order valence-corrected chi connectivity index (χ4v) is 5.04. The molecule has 0 saturated carbocycles. The van der Waals surface area contributed by atoms with Crippen LogP contribution in [0.1, 0.15) is 0 Å². The largest absolute Gasteiger partial charge is 0.493 e. The van der Waals surface area contributed by atoms with E-state index in [9.17, 15) is 13.2 Å². The number of nitrogens with one attached hydrogen (secondary N) is 1. The number of carbonyl (C=O) groups is 1. The lowest BCUT2D eigenvalue weighted by atomic mass is 10.1. The topological polar surface area (TPSA) is 84.9 Å². The zero-order valence-electron chi connectivity index (χ0n) is 15.3. The zero-order valence-corrected chi connectivity index (χ0v) is 16.1. The molecule has 0 unspecified atom stereocenters. The highest BCUT2D eigenvalue weighted by molar-refractivity contribution is 7.93. The summed E-state index contributed by atoms with van der Waals surface area (Å²) in [5.74, 6) is 0.539. The average molecular weight is 398 g/mol. The predicted molar refractivity (Wildman–Crippen MR) is 107 cm³/mol. The highest BCUT2D eigenvalue weighted by atomic mass is 32.2. The molecule has 0 fully saturated rings. The second-order valence-electron chi connectivity index (χ2n) is 6.26. The van der Waals surface area contributed by atoms with Gasteiger partial charge in [0.1, 0.15) is 6.54 Å². The molecule has 8 heteroatoms. The molecule has 28 heavy (non-hydrogen) atoms. The summed E-state index contributed by atoms with van der Waals surface area (Å²) in [6, 6.07) is 15.4. The molecule has 0 aromatic heterocycles. The number of rotatable bonds is 5. The Morgan fingerprint density at radius 3 is 2.43 bits per heavy atom. The van der Waals surface area contributed by atoms with Crippen molar-refractivity contribution < 1.29 is 22.7 Å². The smallest absolute Gasteiger partial charge is 0.265 e. The molecule has 0 bridgehead atoms. The molecule has 3 aromatic carbocycles. The molecule has 1 aliphatic rings. The van der Waals surface area contributed by atoms with Gasteiger partial charge in [0.25, 0.3) is 10.0 Å². The number of hydrogen-bond donors (Lipinski definition) is 1. The van der Waals surface area contributed by atoms with Crippen LogP contribution in [0.4, 0.5) is 11.4 Å². The Hall–Kier alpha value is -3.26. The first-order chi connectivity index (χ1) is 13.5. The van der Waals surface area contributed by atoms with Gasteiger partial charge in [-0.15, -0.1) is 0 Å². The maximum Gasteiger partial charge on any atom is 0.265 e. The standard InChI is InChI=1S/C20H18N2O5S/c1-26-16-10-9-14(11-17(16)27-2)21-19(23)12-22-15-7-3-5-13-6-4-8-18(20(13)15)28(22,24)25/h3-11H,12H2,1-2H3,(H,21,23). The van der Waals surface area contributed by atoms with Crippen molar-refractivity contribution in [3.05, 3.63) is 54.6 Å². The van der Waals surface area contributed by atoms with Crippen LogP contribution in [-0.4, -0.2) is 35.1 Å². The maximum atomic E-state index is 12.9. The third-order valence-corrected chi connectivity index (χ3v) is 6.44. The van der Waals surface area contributed by atoms with Gasteiger partial charge in [-0.1, -0.05) is 24.3 Å². The number of benzene rings is 3. The molecule has 144 valence electrons. The van der Waals surface area contributed by atoms with Crippen molar-refractivity contribution in [2.45, 2.75) is 4.90 Å². The van der Waals surface area contributed by atoms with Crippen LogP contribution >= 0.6 is 0 Å². The SMILES string of the molecule is COc1ccc(NC(=O)CN2c3cccc4cccc(c34)S2(=O)=O)cc1OC. The first-order valence-corrected chi connectivity index (χ1v) is 9.96. The molecule has 1 N–H and O–H groups in total. The number of sulfonamides is 1. The van der Waals surface area contributed by atoms with Gasteiger partial charge >= 0.3 is 0 Å². The van der Waals surface area contributed by atoms with Gasteiger partial charge in [-0.3, -0.25) is 9.10 Å². The first kappa shape index (κ1) is 18.1. The number of nitrogens with zero attached hydrogens (tertiary/aromatic N) is 1. The lowest BCUT2D eigenvalue weighted by molar-refractivity contribution is -0.114. The quantitative estimate of drug-likeness (QED) is 0.714. The number of methoxy groups -OCH3 is 2. The fraction of sp³-hybridized carbons (Fsp3) is 0.150. The van der Waals surface area contributed by atoms with Gasteiger partial charge < -0.3 is 14.8 Å². The van der Waals surface area contributed by atoms with E-state index >= 15 is 0 Å². The third kappa shape index (κ3) is 2.82. The summed E-state index contributed by atoms with van der Waals surface area (Å²) in [6.45, 7) is -0.329. The summed E-state index contributed by atoms with van der Waals surface area (Å²) in [5.41, 5.74) is 0.991. The van der Waals surface area contributed by atoms with Crippen molar-refractivity contribution in [1.29, 1.82) is 0 Å². The van der Waals surface area contributed by atoms with Gasteiger partial charge in [-0.25, -0.2) is 8.42 Å². The van der Waals surface area contributed by atoms with Crippen molar-refractivity contribution >= 4 is 38.1 Å². The number of amides is 1. The van der Waals surface area contributed by atoms with E-state index in [0.29, 0.717) is 28.3 Å². The van der Waals surface area contributed by atoms with Crippen LogP contribution < -0.4 is 19.1 Å². The Morgan fingerprint density at radius 1 is 1.00 bits per heavy atom. The van der Waals surface area contributed by atoms with Gasteiger partial charge in [0.05, 0.1) is 24.8 Å². The third-order valence-electron chi connectivity index (χ3n) is 4.64. The van der Waals surface area contributed by atoms with Crippen LogP contribution in [0.3, 0.4) is 0 Å². The average Bonchev–Trinajstić information content (AvgIpc) is 2.91. The van der Waals surface area contributed by atoms with Gasteiger partial charge in [0.15, 0.2) is 11.5 Å².